The van der Waals surface area contributed by atoms with Gasteiger partial charge in [0.25, 0.3) is 0 Å². The molecular weight excluding hydrogens is 589 g/mol. The van der Waals surface area contributed by atoms with Crippen molar-refractivity contribution in [1.82, 2.24) is 0 Å². The summed E-state index contributed by atoms with van der Waals surface area (Å²) < 4.78 is 10.7. The molecule has 0 amide bonds. The molecule has 0 unspecified atom stereocenters. The summed E-state index contributed by atoms with van der Waals surface area (Å²) in [5, 5.41) is 0. The van der Waals surface area contributed by atoms with Gasteiger partial charge in [-0.3, -0.25) is 4.39 Å². The molecule has 28 valence electrons. The molecule has 6 heavy (non-hydrogen) atoms. The van der Waals surface area contributed by atoms with E-state index in [2.05, 4.69) is 6.58 Å². The van der Waals surface area contributed by atoms with Crippen LogP contribution in [0, 0.1) is 6.58 Å². The quantitative estimate of drug-likeness (QED) is 0.372. The SMILES string of the molecule is [CH-]=C(C)F.[Rf].[Rf]. The van der Waals surface area contributed by atoms with Gasteiger partial charge in [-0.25, -0.2) is 0 Å². The minimum Gasteiger partial charge on any atom is -0.481 e. The maximum absolute atomic E-state index is 10.7. The predicted molar refractivity (Wildman–Crippen MR) is 14.6 cm³/mol. The van der Waals surface area contributed by atoms with E-state index < -0.39 is 5.83 Å². The molecule has 0 aromatic carbocycles. The first-order valence-corrected chi connectivity index (χ1v) is 0.978. The summed E-state index contributed by atoms with van der Waals surface area (Å²) in [6.07, 6.45) is 0. The van der Waals surface area contributed by atoms with E-state index in [1.54, 1.807) is 0 Å². The summed E-state index contributed by atoms with van der Waals surface area (Å²) in [6, 6.07) is 0. The Balaban J connectivity index is -0.0000000450. The third-order valence-corrected chi connectivity index (χ3v) is 0. The fraction of sp³-hybridized carbons (Fsp3) is 0.333. The molecule has 0 nitrogen and oxygen atoms in total. The Kier molecular flexibility index (Phi) is 161. The standard InChI is InChI=1S/C3H4F.2Rf/c1-3(2)4;;/h1H,2H3;;/q-1;;. The van der Waals surface area contributed by atoms with E-state index in [1.807, 2.05) is 0 Å². The summed E-state index contributed by atoms with van der Waals surface area (Å²) in [7, 11) is 0. The van der Waals surface area contributed by atoms with Gasteiger partial charge in [0, 0.05) is 0 Å². The van der Waals surface area contributed by atoms with Gasteiger partial charge in [0.2, 0.25) is 0 Å². The molecule has 0 aliphatic rings. The molecule has 0 atom stereocenters. The van der Waals surface area contributed by atoms with Crippen LogP contribution in [0.3, 0.4) is 0 Å². The summed E-state index contributed by atoms with van der Waals surface area (Å²) in [6.45, 7) is 5.56. The Hall–Kier alpha value is -2.33. The van der Waals surface area contributed by atoms with Crippen molar-refractivity contribution in [2.75, 3.05) is 0 Å². The zero-order valence-corrected chi connectivity index (χ0v) is 16.7. The smallest absolute Gasteiger partial charge is 0 e. The first-order valence-electron chi connectivity index (χ1n) is 0.978. The van der Waals surface area contributed by atoms with Gasteiger partial charge < -0.3 is 6.58 Å². The summed E-state index contributed by atoms with van der Waals surface area (Å²) in [5.74, 6) is -0.583. The van der Waals surface area contributed by atoms with E-state index in [0.29, 0.717) is 0 Å². The molecule has 0 fully saturated rings. The molecule has 0 aliphatic heterocycles. The Morgan fingerprint density at radius 1 is 1.50 bits per heavy atom. The van der Waals surface area contributed by atoms with Crippen molar-refractivity contribution >= 4 is 0 Å². The molecule has 3 heteroatoms. The Morgan fingerprint density at radius 2 is 1.50 bits per heavy atom. The second kappa shape index (κ2) is 16.6. The van der Waals surface area contributed by atoms with Crippen LogP contribution in [-0.2, 0) is 0 Å². The number of hydrogen-bond donors (Lipinski definition) is 0. The third-order valence-electron chi connectivity index (χ3n) is 0. The van der Waals surface area contributed by atoms with E-state index in [9.17, 15) is 4.39 Å². The molecule has 0 N–H and O–H groups in total. The van der Waals surface area contributed by atoms with Gasteiger partial charge in [-0.2, -0.15) is 0 Å². The molecule has 0 saturated heterocycles. The molecule has 0 heterocycles. The molecule has 0 radical (unpaired) electrons. The molecule has 0 aromatic rings. The van der Waals surface area contributed by atoms with E-state index in [0.717, 1.165) is 0 Å². The van der Waals surface area contributed by atoms with Crippen LogP contribution in [0.1, 0.15) is 6.92 Å². The molecule has 0 spiro atoms. The average molecular weight is 593 g/mol. The average Bonchev–Trinajstić information content (AvgIpc) is 0.811. The van der Waals surface area contributed by atoms with Crippen molar-refractivity contribution in [2.45, 2.75) is 6.92 Å². The Bertz CT molecular complexity index is 31.8. The second-order valence-corrected chi connectivity index (χ2v) is 0.587. The minimum absolute atomic E-state index is 0. The summed E-state index contributed by atoms with van der Waals surface area (Å²) in [4.78, 5) is 0. The van der Waals surface area contributed by atoms with Gasteiger partial charge in [0.05, 0.1) is 0 Å². The van der Waals surface area contributed by atoms with Crippen LogP contribution >= 0.6 is 0 Å². The van der Waals surface area contributed by atoms with E-state index >= 15 is 0 Å². The van der Waals surface area contributed by atoms with Gasteiger partial charge in [-0.1, -0.05) is 5.83 Å². The number of hydrogen-bond acceptors (Lipinski definition) is 0. The molecule has 0 rings (SSSR count). The van der Waals surface area contributed by atoms with Gasteiger partial charge in [-0.05, 0) is 6.92 Å². The summed E-state index contributed by atoms with van der Waals surface area (Å²) >= 11 is 0. The van der Waals surface area contributed by atoms with Crippen LogP contribution in [-0.4, -0.2) is 0 Å². The number of rotatable bonds is 0. The topological polar surface area (TPSA) is 0 Å². The van der Waals surface area contributed by atoms with Crippen LogP contribution in [0.15, 0.2) is 5.83 Å². The van der Waals surface area contributed by atoms with Crippen molar-refractivity contribution in [1.29, 1.82) is 0 Å². The Morgan fingerprint density at radius 3 is 1.50 bits per heavy atom. The van der Waals surface area contributed by atoms with Crippen molar-refractivity contribution in [2.24, 2.45) is 0 Å². The van der Waals surface area contributed by atoms with Crippen LogP contribution in [0.25, 0.3) is 0 Å². The summed E-state index contributed by atoms with van der Waals surface area (Å²) in [5.41, 5.74) is 0. The maximum atomic E-state index is 10.7. The zero-order chi connectivity index (χ0) is 3.58. The van der Waals surface area contributed by atoms with E-state index in [-0.39, 0.29) is 0 Å². The molecule has 0 aliphatic carbocycles. The zero-order valence-electron chi connectivity index (χ0n) is 3.87. The van der Waals surface area contributed by atoms with Crippen molar-refractivity contribution in [3.05, 3.63) is 12.4 Å². The fourth-order valence-corrected chi connectivity index (χ4v) is 0. The largest absolute Gasteiger partial charge is 0.481 e. The predicted octanol–water partition coefficient (Wildman–Crippen LogP) is 1.29. The van der Waals surface area contributed by atoms with Gasteiger partial charge in [0.1, 0.15) is 0 Å². The second-order valence-electron chi connectivity index (χ2n) is 0.587. The molecular formula is C3H4FRf2-. The molecule has 0 saturated carbocycles. The monoisotopic (exact) mass is 593 g/mol. The number of halogens is 1. The van der Waals surface area contributed by atoms with Gasteiger partial charge in [0.15, 0.2) is 0 Å². The van der Waals surface area contributed by atoms with E-state index in [1.165, 1.54) is 6.92 Å². The number of allylic oxidation sites excluding steroid dienone is 1. The van der Waals surface area contributed by atoms with Crippen molar-refractivity contribution in [3.8, 4) is 0 Å². The van der Waals surface area contributed by atoms with Gasteiger partial charge in [-0.15, -0.1) is 0 Å². The Labute approximate surface area is 24.9 Å². The normalized spacial score (nSPS) is 4.33. The third kappa shape index (κ3) is 0.138. The van der Waals surface area contributed by atoms with Crippen molar-refractivity contribution < 1.29 is 4.39 Å². The van der Waals surface area contributed by atoms with Crippen LogP contribution in [0.5, 0.6) is 0 Å². The van der Waals surface area contributed by atoms with Crippen LogP contribution in [0.2, 0.25) is 0 Å². The first kappa shape index (κ1) is 58.3. The first-order chi connectivity index (χ1) is 1.73. The molecule has 0 bridgehead atoms. The minimum atomic E-state index is -0.583. The van der Waals surface area contributed by atoms with Crippen LogP contribution < -0.4 is 0 Å². The molecule has 0 aromatic heterocycles. The van der Waals surface area contributed by atoms with Crippen molar-refractivity contribution in [3.63, 3.8) is 0 Å². The van der Waals surface area contributed by atoms with Crippen LogP contribution in [0.4, 0.5) is 4.39 Å². The fourth-order valence-electron chi connectivity index (χ4n) is 0. The van der Waals surface area contributed by atoms with E-state index in [4.69, 9.17) is 0 Å². The van der Waals surface area contributed by atoms with Gasteiger partial charge >= 0.3 is 0 Å². The maximum Gasteiger partial charge on any atom is 0 e.